The number of nitrogens with zero attached hydrogens (tertiary/aromatic N) is 1. The number of benzene rings is 1. The van der Waals surface area contributed by atoms with Crippen molar-refractivity contribution in [3.63, 3.8) is 0 Å². The molecule has 7 heteroatoms. The van der Waals surface area contributed by atoms with Crippen LogP contribution in [0.25, 0.3) is 0 Å². The first-order valence-corrected chi connectivity index (χ1v) is 9.12. The molecule has 0 amide bonds. The molecule has 20 heavy (non-hydrogen) atoms. The van der Waals surface area contributed by atoms with Gasteiger partial charge in [0, 0.05) is 6.04 Å². The van der Waals surface area contributed by atoms with E-state index < -0.39 is 10.8 Å². The monoisotopic (exact) mass is 416 g/mol. The maximum atomic E-state index is 13.0. The Kier molecular flexibility index (Phi) is 6.86. The van der Waals surface area contributed by atoms with Crippen molar-refractivity contribution in [2.75, 3.05) is 18.1 Å². The van der Waals surface area contributed by atoms with Crippen molar-refractivity contribution >= 4 is 39.1 Å². The third-order valence-electron chi connectivity index (χ3n) is 2.76. The average Bonchev–Trinajstić information content (AvgIpc) is 2.44. The second-order valence-corrected chi connectivity index (χ2v) is 7.58. The Bertz CT molecular complexity index is 457. The van der Waals surface area contributed by atoms with Gasteiger partial charge >= 0.3 is 0 Å². The van der Waals surface area contributed by atoms with Crippen LogP contribution in [0.15, 0.2) is 29.2 Å². The van der Waals surface area contributed by atoms with Crippen LogP contribution in [0.3, 0.4) is 0 Å². The second-order valence-electron chi connectivity index (χ2n) is 4.49. The van der Waals surface area contributed by atoms with Crippen LogP contribution in [0, 0.1) is 5.82 Å². The number of carbonyl (C=O) groups is 1. The van der Waals surface area contributed by atoms with Crippen molar-refractivity contribution < 1.29 is 17.9 Å². The van der Waals surface area contributed by atoms with Gasteiger partial charge in [-0.15, -0.1) is 0 Å². The van der Waals surface area contributed by atoms with Crippen molar-refractivity contribution in [1.29, 1.82) is 0 Å². The first-order chi connectivity index (χ1) is 9.35. The smallest absolute Gasteiger partial charge is 0.158 e. The van der Waals surface area contributed by atoms with Gasteiger partial charge in [0.15, 0.2) is 5.78 Å². The van der Waals surface area contributed by atoms with Crippen LogP contribution in [-0.2, 0) is 8.98 Å². The number of alkyl halides is 1. The molecule has 0 bridgehead atoms. The molecular weight excluding hydrogens is 396 g/mol. The molecule has 4 nitrogen and oxygen atoms in total. The van der Waals surface area contributed by atoms with Gasteiger partial charge in [0.05, 0.1) is 18.1 Å². The Morgan fingerprint density at radius 2 is 2.00 bits per heavy atom. The Morgan fingerprint density at radius 3 is 2.40 bits per heavy atom. The van der Waals surface area contributed by atoms with Crippen molar-refractivity contribution in [3.8, 4) is 0 Å². The first-order valence-electron chi connectivity index (χ1n) is 6.08. The number of hydrogen-bond acceptors (Lipinski definition) is 3. The van der Waals surface area contributed by atoms with Gasteiger partial charge in [-0.25, -0.2) is 8.57 Å². The Balaban J connectivity index is 3.16. The lowest BCUT2D eigenvalue weighted by molar-refractivity contribution is -0.116. The zero-order chi connectivity index (χ0) is 15.3. The molecule has 0 aromatic heterocycles. The quantitative estimate of drug-likeness (QED) is 0.390. The summed E-state index contributed by atoms with van der Waals surface area (Å²) in [5, 5.41) is 0. The van der Waals surface area contributed by atoms with E-state index in [-0.39, 0.29) is 24.2 Å². The number of Topliss-reactive ketones (excluding diaryl/α,β-unsaturated/α-hetero) is 1. The molecule has 0 radical (unpaired) electrons. The molecule has 0 aliphatic carbocycles. The number of ketones is 1. The molecule has 0 heterocycles. The van der Waals surface area contributed by atoms with Crippen molar-refractivity contribution in [2.24, 2.45) is 0 Å². The van der Waals surface area contributed by atoms with Crippen LogP contribution >= 0.6 is 33.4 Å². The Hall–Kier alpha value is -0.220. The summed E-state index contributed by atoms with van der Waals surface area (Å²) in [4.78, 5) is 12.3. The first kappa shape index (κ1) is 17.8. The molecule has 114 valence electrons. The lowest BCUT2D eigenvalue weighted by atomic mass is 10.3. The van der Waals surface area contributed by atoms with Crippen LogP contribution in [0.5, 0.6) is 0 Å². The minimum atomic E-state index is -2.53. The molecule has 0 fully saturated rings. The van der Waals surface area contributed by atoms with Crippen LogP contribution in [0.1, 0.15) is 13.8 Å². The fourth-order valence-electron chi connectivity index (χ4n) is 1.73. The summed E-state index contributed by atoms with van der Waals surface area (Å²) < 4.78 is 29.2. The van der Waals surface area contributed by atoms with Crippen LogP contribution < -0.4 is 0 Å². The van der Waals surface area contributed by atoms with E-state index in [1.807, 2.05) is 36.4 Å². The molecule has 1 rings (SSSR count). The van der Waals surface area contributed by atoms with Gasteiger partial charge in [-0.05, 0) is 48.9 Å². The Morgan fingerprint density at radius 1 is 1.45 bits per heavy atom. The van der Waals surface area contributed by atoms with E-state index >= 15 is 0 Å². The van der Waals surface area contributed by atoms with Gasteiger partial charge < -0.3 is 4.55 Å². The third kappa shape index (κ3) is 4.14. The van der Waals surface area contributed by atoms with E-state index in [9.17, 15) is 9.18 Å². The standard InChI is InChI=1S/C13H19FINO3S/c1-10(2)16(9-12(17)8-15)20(18,19-3)13-6-4-11(14)5-7-13/h4-7,10,18H,8-9H2,1-3H3/p+1. The highest BCUT2D eigenvalue weighted by atomic mass is 127. The topological polar surface area (TPSA) is 52.4 Å². The lowest BCUT2D eigenvalue weighted by Crippen LogP contribution is -2.39. The maximum Gasteiger partial charge on any atom is 0.158 e. The fraction of sp³-hybridized carbons (Fsp3) is 0.462. The summed E-state index contributed by atoms with van der Waals surface area (Å²) in [6.07, 6.45) is 0. The predicted molar refractivity (Wildman–Crippen MR) is 88.6 cm³/mol. The van der Waals surface area contributed by atoms with E-state index in [2.05, 4.69) is 0 Å². The summed E-state index contributed by atoms with van der Waals surface area (Å²) in [7, 11) is -1.07. The molecule has 0 spiro atoms. The van der Waals surface area contributed by atoms with Crippen molar-refractivity contribution in [1.82, 2.24) is 4.31 Å². The SMILES string of the molecule is COS([OH2+])(c1ccc(F)cc1)N(CC(=O)CI)C(C)C. The zero-order valence-corrected chi connectivity index (χ0v) is 14.7. The summed E-state index contributed by atoms with van der Waals surface area (Å²) >= 11 is 2.01. The molecule has 0 saturated heterocycles. The van der Waals surface area contributed by atoms with Crippen molar-refractivity contribution in [2.45, 2.75) is 24.8 Å². The summed E-state index contributed by atoms with van der Waals surface area (Å²) in [5.41, 5.74) is 0. The highest BCUT2D eigenvalue weighted by molar-refractivity contribution is 14.1. The highest BCUT2D eigenvalue weighted by Crippen LogP contribution is 2.56. The summed E-state index contributed by atoms with van der Waals surface area (Å²) in [6, 6.07) is 5.68. The minimum Gasteiger partial charge on any atom is -0.310 e. The molecular formula is C13H20FINO3S+. The summed E-state index contributed by atoms with van der Waals surface area (Å²) in [5.74, 6) is -0.311. The normalized spacial score (nSPS) is 16.2. The van der Waals surface area contributed by atoms with Crippen LogP contribution in [0.2, 0.25) is 0 Å². The number of carbonyl (C=O) groups excluding carboxylic acids is 1. The molecule has 0 aliphatic rings. The van der Waals surface area contributed by atoms with E-state index in [0.717, 1.165) is 0 Å². The predicted octanol–water partition coefficient (Wildman–Crippen LogP) is 2.82. The molecule has 1 unspecified atom stereocenters. The molecule has 2 N–H and O–H groups in total. The maximum absolute atomic E-state index is 13.0. The van der Waals surface area contributed by atoms with Crippen LogP contribution in [0.4, 0.5) is 4.39 Å². The number of hydrogen-bond donors (Lipinski definition) is 0. The van der Waals surface area contributed by atoms with E-state index in [1.165, 1.54) is 19.2 Å². The molecule has 1 aromatic rings. The van der Waals surface area contributed by atoms with Gasteiger partial charge in [-0.3, -0.25) is 4.79 Å². The van der Waals surface area contributed by atoms with E-state index in [1.54, 1.807) is 16.4 Å². The van der Waals surface area contributed by atoms with Gasteiger partial charge in [0.2, 0.25) is 0 Å². The van der Waals surface area contributed by atoms with E-state index in [0.29, 0.717) is 9.32 Å². The molecule has 0 aliphatic heterocycles. The van der Waals surface area contributed by atoms with E-state index in [4.69, 9.17) is 8.74 Å². The number of rotatable bonds is 7. The average molecular weight is 416 g/mol. The third-order valence-corrected chi connectivity index (χ3v) is 6.22. The second kappa shape index (κ2) is 7.69. The van der Waals surface area contributed by atoms with Gasteiger partial charge in [0.1, 0.15) is 10.7 Å². The lowest BCUT2D eigenvalue weighted by Gasteiger charge is -2.43. The largest absolute Gasteiger partial charge is 0.310 e. The number of halogens is 2. The minimum absolute atomic E-state index is 0.0283. The zero-order valence-electron chi connectivity index (χ0n) is 11.7. The molecule has 1 atom stereocenters. The van der Waals surface area contributed by atoms with Gasteiger partial charge in [-0.2, -0.15) is 4.31 Å². The van der Waals surface area contributed by atoms with Gasteiger partial charge in [-0.1, -0.05) is 22.6 Å². The highest BCUT2D eigenvalue weighted by Gasteiger charge is 2.35. The molecule has 1 aromatic carbocycles. The summed E-state index contributed by atoms with van der Waals surface area (Å²) in [6.45, 7) is 3.99. The fourth-order valence-corrected chi connectivity index (χ4v) is 4.05. The van der Waals surface area contributed by atoms with Crippen molar-refractivity contribution in [3.05, 3.63) is 30.1 Å². The Labute approximate surface area is 134 Å². The molecule has 0 saturated carbocycles. The van der Waals surface area contributed by atoms with Gasteiger partial charge in [0.25, 0.3) is 0 Å². The van der Waals surface area contributed by atoms with Crippen LogP contribution in [-0.4, -0.2) is 38.8 Å².